The molecule has 0 aliphatic heterocycles. The van der Waals surface area contributed by atoms with Crippen molar-refractivity contribution in [2.24, 2.45) is 0 Å². The van der Waals surface area contributed by atoms with Crippen molar-refractivity contribution in [3.8, 4) is 0 Å². The summed E-state index contributed by atoms with van der Waals surface area (Å²) in [4.78, 5) is 31.2. The SMILES string of the molecule is O=CCn1c(CCc2ccc(F)cc2F)nc(=O)c2cccnc21. The van der Waals surface area contributed by atoms with Crippen LogP contribution in [-0.2, 0) is 24.2 Å². The second kappa shape index (κ2) is 6.66. The third kappa shape index (κ3) is 3.05. The molecule has 2 aromatic heterocycles. The van der Waals surface area contributed by atoms with Gasteiger partial charge in [-0.25, -0.2) is 13.8 Å². The van der Waals surface area contributed by atoms with E-state index in [-0.39, 0.29) is 19.4 Å². The topological polar surface area (TPSA) is 64.8 Å². The first kappa shape index (κ1) is 15.9. The highest BCUT2D eigenvalue weighted by Crippen LogP contribution is 2.14. The van der Waals surface area contributed by atoms with Gasteiger partial charge in [-0.05, 0) is 30.2 Å². The summed E-state index contributed by atoms with van der Waals surface area (Å²) in [5.41, 5.74) is 0.221. The van der Waals surface area contributed by atoms with E-state index in [0.29, 0.717) is 28.7 Å². The van der Waals surface area contributed by atoms with Crippen molar-refractivity contribution in [2.75, 3.05) is 0 Å². The average Bonchev–Trinajstić information content (AvgIpc) is 2.57. The number of benzene rings is 1. The van der Waals surface area contributed by atoms with Gasteiger partial charge in [-0.3, -0.25) is 4.79 Å². The molecule has 1 aromatic carbocycles. The smallest absolute Gasteiger partial charge is 0.282 e. The van der Waals surface area contributed by atoms with E-state index >= 15 is 0 Å². The molecule has 122 valence electrons. The monoisotopic (exact) mass is 329 g/mol. The van der Waals surface area contributed by atoms with Crippen LogP contribution in [0.3, 0.4) is 0 Å². The van der Waals surface area contributed by atoms with Gasteiger partial charge in [-0.15, -0.1) is 0 Å². The van der Waals surface area contributed by atoms with E-state index in [0.717, 1.165) is 6.07 Å². The first-order chi connectivity index (χ1) is 11.6. The van der Waals surface area contributed by atoms with E-state index in [2.05, 4.69) is 9.97 Å². The van der Waals surface area contributed by atoms with Crippen molar-refractivity contribution in [3.63, 3.8) is 0 Å². The Morgan fingerprint density at radius 1 is 1.17 bits per heavy atom. The highest BCUT2D eigenvalue weighted by molar-refractivity contribution is 5.74. The molecule has 5 nitrogen and oxygen atoms in total. The molecule has 7 heteroatoms. The number of rotatable bonds is 5. The summed E-state index contributed by atoms with van der Waals surface area (Å²) in [6, 6.07) is 6.54. The molecule has 0 bridgehead atoms. The summed E-state index contributed by atoms with van der Waals surface area (Å²) in [6.45, 7) is -0.0119. The lowest BCUT2D eigenvalue weighted by Crippen LogP contribution is -2.21. The fourth-order valence-corrected chi connectivity index (χ4v) is 2.57. The maximum atomic E-state index is 13.7. The van der Waals surface area contributed by atoms with E-state index in [1.54, 1.807) is 12.1 Å². The van der Waals surface area contributed by atoms with E-state index in [1.807, 2.05) is 0 Å². The summed E-state index contributed by atoms with van der Waals surface area (Å²) in [6.07, 6.45) is 2.64. The Morgan fingerprint density at radius 3 is 2.75 bits per heavy atom. The van der Waals surface area contributed by atoms with Crippen molar-refractivity contribution >= 4 is 17.3 Å². The quantitative estimate of drug-likeness (QED) is 0.672. The van der Waals surface area contributed by atoms with Crippen molar-refractivity contribution in [1.82, 2.24) is 14.5 Å². The number of aryl methyl sites for hydroxylation is 2. The number of fused-ring (bicyclic) bond motifs is 1. The van der Waals surface area contributed by atoms with Crippen molar-refractivity contribution in [2.45, 2.75) is 19.4 Å². The lowest BCUT2D eigenvalue weighted by Gasteiger charge is -2.12. The zero-order valence-electron chi connectivity index (χ0n) is 12.6. The van der Waals surface area contributed by atoms with E-state index in [1.165, 1.54) is 22.9 Å². The number of halogens is 2. The van der Waals surface area contributed by atoms with Gasteiger partial charge in [-0.2, -0.15) is 4.98 Å². The van der Waals surface area contributed by atoms with Gasteiger partial charge in [0.15, 0.2) is 0 Å². The third-order valence-corrected chi connectivity index (χ3v) is 3.71. The number of carbonyl (C=O) groups excluding carboxylic acids is 1. The van der Waals surface area contributed by atoms with Crippen molar-refractivity contribution in [3.05, 3.63) is 69.9 Å². The number of hydrogen-bond donors (Lipinski definition) is 0. The molecule has 0 atom stereocenters. The highest BCUT2D eigenvalue weighted by atomic mass is 19.1. The van der Waals surface area contributed by atoms with Crippen LogP contribution in [-0.4, -0.2) is 20.8 Å². The molecule has 0 saturated carbocycles. The lowest BCUT2D eigenvalue weighted by molar-refractivity contribution is -0.108. The van der Waals surface area contributed by atoms with Gasteiger partial charge in [0.2, 0.25) is 0 Å². The Hall–Kier alpha value is -2.96. The second-order valence-electron chi connectivity index (χ2n) is 5.22. The fraction of sp³-hybridized carbons (Fsp3) is 0.176. The second-order valence-corrected chi connectivity index (χ2v) is 5.22. The minimum atomic E-state index is -0.654. The largest absolute Gasteiger partial charge is 0.307 e. The van der Waals surface area contributed by atoms with Gasteiger partial charge < -0.3 is 9.36 Å². The summed E-state index contributed by atoms with van der Waals surface area (Å²) < 4.78 is 28.2. The summed E-state index contributed by atoms with van der Waals surface area (Å²) in [7, 11) is 0. The summed E-state index contributed by atoms with van der Waals surface area (Å²) >= 11 is 0. The molecule has 0 saturated heterocycles. The van der Waals surface area contributed by atoms with E-state index in [4.69, 9.17) is 0 Å². The van der Waals surface area contributed by atoms with E-state index < -0.39 is 17.2 Å². The van der Waals surface area contributed by atoms with Gasteiger partial charge in [0, 0.05) is 18.7 Å². The van der Waals surface area contributed by atoms with Crippen LogP contribution in [0.1, 0.15) is 11.4 Å². The molecule has 0 aliphatic rings. The number of aldehydes is 1. The van der Waals surface area contributed by atoms with Crippen LogP contribution in [0.2, 0.25) is 0 Å². The number of carbonyl (C=O) groups is 1. The molecular weight excluding hydrogens is 316 g/mol. The molecule has 0 fully saturated rings. The third-order valence-electron chi connectivity index (χ3n) is 3.71. The van der Waals surface area contributed by atoms with Gasteiger partial charge in [0.05, 0.1) is 11.9 Å². The van der Waals surface area contributed by atoms with Gasteiger partial charge in [-0.1, -0.05) is 6.07 Å². The van der Waals surface area contributed by atoms with Gasteiger partial charge in [0.1, 0.15) is 29.4 Å². The van der Waals surface area contributed by atoms with Gasteiger partial charge in [0.25, 0.3) is 5.56 Å². The molecule has 0 radical (unpaired) electrons. The Kier molecular flexibility index (Phi) is 4.41. The van der Waals surface area contributed by atoms with Gasteiger partial charge >= 0.3 is 0 Å². The molecule has 0 spiro atoms. The molecule has 0 aliphatic carbocycles. The van der Waals surface area contributed by atoms with Crippen LogP contribution in [0.5, 0.6) is 0 Å². The molecule has 24 heavy (non-hydrogen) atoms. The lowest BCUT2D eigenvalue weighted by atomic mass is 10.1. The average molecular weight is 329 g/mol. The zero-order valence-corrected chi connectivity index (χ0v) is 12.6. The first-order valence-corrected chi connectivity index (χ1v) is 7.32. The highest BCUT2D eigenvalue weighted by Gasteiger charge is 2.12. The minimum Gasteiger partial charge on any atom is -0.307 e. The van der Waals surface area contributed by atoms with Crippen LogP contribution >= 0.6 is 0 Å². The Morgan fingerprint density at radius 2 is 2.00 bits per heavy atom. The molecule has 2 heterocycles. The van der Waals surface area contributed by atoms with Crippen molar-refractivity contribution < 1.29 is 13.6 Å². The number of hydrogen-bond acceptors (Lipinski definition) is 4. The van der Waals surface area contributed by atoms with Crippen LogP contribution < -0.4 is 5.56 Å². The maximum absolute atomic E-state index is 13.7. The Balaban J connectivity index is 2.00. The summed E-state index contributed by atoms with van der Waals surface area (Å²) in [5, 5.41) is 0.316. The fourth-order valence-electron chi connectivity index (χ4n) is 2.57. The molecule has 0 unspecified atom stereocenters. The molecule has 0 amide bonds. The number of nitrogens with zero attached hydrogens (tertiary/aromatic N) is 3. The van der Waals surface area contributed by atoms with Crippen LogP contribution in [0, 0.1) is 11.6 Å². The molecule has 3 aromatic rings. The van der Waals surface area contributed by atoms with E-state index in [9.17, 15) is 18.4 Å². The van der Waals surface area contributed by atoms with Crippen molar-refractivity contribution in [1.29, 1.82) is 0 Å². The number of aromatic nitrogens is 3. The molecule has 0 N–H and O–H groups in total. The maximum Gasteiger partial charge on any atom is 0.282 e. The van der Waals surface area contributed by atoms with Crippen LogP contribution in [0.4, 0.5) is 8.78 Å². The van der Waals surface area contributed by atoms with Crippen LogP contribution in [0.25, 0.3) is 11.0 Å². The Labute approximate surface area is 135 Å². The standard InChI is InChI=1S/C17H13F2N3O2/c18-12-5-3-11(14(19)10-12)4-6-15-21-17(24)13-2-1-7-20-16(13)22(15)8-9-23/h1-3,5,7,9-10H,4,6,8H2. The predicted molar refractivity (Wildman–Crippen MR) is 83.6 cm³/mol. The molecule has 3 rings (SSSR count). The zero-order chi connectivity index (χ0) is 17.1. The number of pyridine rings is 1. The minimum absolute atomic E-state index is 0.0119. The van der Waals surface area contributed by atoms with Crippen LogP contribution in [0.15, 0.2) is 41.3 Å². The first-order valence-electron chi connectivity index (χ1n) is 7.32. The predicted octanol–water partition coefficient (Wildman–Crippen LogP) is 2.05. The summed E-state index contributed by atoms with van der Waals surface area (Å²) in [5.74, 6) is -0.970. The normalized spacial score (nSPS) is 10.9. The molecular formula is C17H13F2N3O2. The Bertz CT molecular complexity index is 970.